The molecular formula is C32H21F34IO4. The van der Waals surface area contributed by atoms with Gasteiger partial charge in [0.15, 0.2) is 0 Å². The second-order valence-electron chi connectivity index (χ2n) is 14.3. The fourth-order valence-electron chi connectivity index (χ4n) is 5.18. The minimum atomic E-state index is -9.02. The average Bonchev–Trinajstić information content (AvgIpc) is 3.15. The molecule has 0 saturated carbocycles. The second kappa shape index (κ2) is 19.3. The third-order valence-corrected chi connectivity index (χ3v) is 12.9. The van der Waals surface area contributed by atoms with Gasteiger partial charge >= 0.3 is 308 Å². The van der Waals surface area contributed by atoms with Crippen LogP contribution in [0.3, 0.4) is 0 Å². The summed E-state index contributed by atoms with van der Waals surface area (Å²) in [5, 5.41) is 0. The van der Waals surface area contributed by atoms with Crippen LogP contribution < -0.4 is 0 Å². The van der Waals surface area contributed by atoms with Crippen LogP contribution in [0.5, 0.6) is 0 Å². The molecule has 0 N–H and O–H groups in total. The van der Waals surface area contributed by atoms with E-state index in [0.717, 1.165) is 0 Å². The molecule has 1 rings (SSSR count). The first-order valence-electron chi connectivity index (χ1n) is 17.4. The first kappa shape index (κ1) is 65.5. The number of benzene rings is 1. The van der Waals surface area contributed by atoms with E-state index in [-0.39, 0.29) is 0 Å². The summed E-state index contributed by atoms with van der Waals surface area (Å²) in [7, 11) is 0. The van der Waals surface area contributed by atoms with Crippen molar-refractivity contribution in [3.8, 4) is 0 Å². The third-order valence-electron chi connectivity index (χ3n) is 9.15. The summed E-state index contributed by atoms with van der Waals surface area (Å²) in [6, 6.07) is 1.19. The van der Waals surface area contributed by atoms with Gasteiger partial charge in [0.25, 0.3) is 0 Å². The Hall–Kier alpha value is -3.49. The normalized spacial score (nSPS) is 15.7. The van der Waals surface area contributed by atoms with E-state index in [4.69, 9.17) is 0 Å². The summed E-state index contributed by atoms with van der Waals surface area (Å²) >= 11 is -4.33. The molecule has 39 heteroatoms. The zero-order valence-corrected chi connectivity index (χ0v) is 35.5. The topological polar surface area (TPSA) is 52.6 Å². The molecular weight excluding hydrogens is 1220 g/mol. The molecule has 0 bridgehead atoms. The molecule has 0 aliphatic heterocycles. The van der Waals surface area contributed by atoms with E-state index in [2.05, 4.69) is 6.13 Å². The number of alkyl halides is 34. The molecule has 0 radical (unpaired) electrons. The fraction of sp³-hybridized carbons (Fsp3) is 0.750. The fourth-order valence-corrected chi connectivity index (χ4v) is 8.01. The van der Waals surface area contributed by atoms with Crippen molar-refractivity contribution in [3.05, 3.63) is 32.9 Å². The van der Waals surface area contributed by atoms with E-state index in [0.29, 0.717) is 32.0 Å². The molecule has 0 spiro atoms. The van der Waals surface area contributed by atoms with Crippen molar-refractivity contribution >= 4 is 32.6 Å². The number of carbonyl (C=O) groups is 2. The number of halogens is 35. The first-order chi connectivity index (χ1) is 30.8. The minimum absolute atomic E-state index is 0.328. The second-order valence-corrected chi connectivity index (χ2v) is 17.6. The molecule has 0 amide bonds. The Labute approximate surface area is 378 Å². The molecule has 1 aromatic rings. The van der Waals surface area contributed by atoms with Gasteiger partial charge in [-0.2, -0.15) is 70.2 Å². The predicted molar refractivity (Wildman–Crippen MR) is 170 cm³/mol. The Kier molecular flexibility index (Phi) is 17.8. The van der Waals surface area contributed by atoms with Crippen molar-refractivity contribution in [2.45, 2.75) is 148 Å². The van der Waals surface area contributed by atoms with Crippen LogP contribution in [0.4, 0.5) is 149 Å². The summed E-state index contributed by atoms with van der Waals surface area (Å²) < 4.78 is 474. The number of carbonyl (C=O) groups excluding carboxylic acids is 2. The van der Waals surface area contributed by atoms with Gasteiger partial charge in [0.1, 0.15) is 0 Å². The Morgan fingerprint density at radius 2 is 0.606 bits per heavy atom. The molecule has 4 nitrogen and oxygen atoms in total. The molecule has 0 aliphatic rings. The zero-order chi connectivity index (χ0) is 57.2. The van der Waals surface area contributed by atoms with Crippen molar-refractivity contribution < 1.29 is 165 Å². The summed E-state index contributed by atoms with van der Waals surface area (Å²) in [4.78, 5) is 23.1. The molecule has 0 atom stereocenters. The summed E-state index contributed by atoms with van der Waals surface area (Å²) in [6.07, 6.45) is -30.0. The third kappa shape index (κ3) is 10.6. The van der Waals surface area contributed by atoms with Crippen LogP contribution in [-0.4, -0.2) is 107 Å². The number of hydrogen-bond donors (Lipinski definition) is 0. The Bertz CT molecular complexity index is 2040. The first-order valence-corrected chi connectivity index (χ1v) is 20.2. The van der Waals surface area contributed by atoms with Gasteiger partial charge in [0, 0.05) is 0 Å². The number of hydrogen-bond acceptors (Lipinski definition) is 4. The molecule has 418 valence electrons. The average molecular weight is 1240 g/mol. The van der Waals surface area contributed by atoms with Crippen LogP contribution in [0.15, 0.2) is 18.2 Å². The zero-order valence-electron chi connectivity index (χ0n) is 33.3. The van der Waals surface area contributed by atoms with E-state index in [9.17, 15) is 159 Å². The summed E-state index contributed by atoms with van der Waals surface area (Å²) in [5.41, 5.74) is -2.10. The van der Waals surface area contributed by atoms with Gasteiger partial charge in [0.05, 0.1) is 0 Å². The molecule has 0 fully saturated rings. The van der Waals surface area contributed by atoms with E-state index < -0.39 is 181 Å². The molecule has 0 unspecified atom stereocenters. The van der Waals surface area contributed by atoms with Crippen LogP contribution >= 0.6 is 20.6 Å². The molecule has 0 saturated heterocycles. The maximum absolute atomic E-state index is 14.6. The molecule has 0 heterocycles. The molecule has 1 aromatic carbocycles. The summed E-state index contributed by atoms with van der Waals surface area (Å²) in [6.45, 7) is 1.15. The van der Waals surface area contributed by atoms with Crippen molar-refractivity contribution in [2.24, 2.45) is 0 Å². The SMILES string of the molecule is CC(=O)OI(OC(C)=O)c1ccc(CCCC(F)(F)C(F)(F)C(F)(F)C(F)(F)C(F)(F)C(F)(F)C(F)(F)C(F)(F)F)c(CCCC(F)(F)C(F)(F)C(F)(F)C(F)(F)C(F)(F)C(F)(F)C(F)(F)C(F)(F)F)c1. The Morgan fingerprint density at radius 3 is 0.859 bits per heavy atom. The molecule has 0 aliphatic carbocycles. The van der Waals surface area contributed by atoms with Gasteiger partial charge in [-0.3, -0.25) is 0 Å². The Morgan fingerprint density at radius 1 is 0.366 bits per heavy atom. The molecule has 0 aromatic heterocycles. The van der Waals surface area contributed by atoms with Crippen molar-refractivity contribution in [1.29, 1.82) is 0 Å². The standard InChI is InChI=1S/C32H21F34IO4/c1-12(68)70-67(71-13(2)69)16-8-7-14(5-3-9-17(33,34)19(37,38)21(41,42)23(45,46)25(49,50)27(53,54)29(57,58)31(61,62)63)15(11-16)6-4-10-18(35,36)20(39,40)22(43,44)24(47,48)26(51,52)28(55,56)30(59,60)32(64,65)66/h7-8,11H,3-6,9-10H2,1-2H3. The number of aryl methyl sites for hydroxylation is 2. The number of rotatable bonds is 23. The van der Waals surface area contributed by atoms with E-state index in [1.54, 1.807) is 0 Å². The van der Waals surface area contributed by atoms with Gasteiger partial charge in [0.2, 0.25) is 0 Å². The maximum atomic E-state index is 14.6. The van der Waals surface area contributed by atoms with Crippen LogP contribution in [0, 0.1) is 3.57 Å². The van der Waals surface area contributed by atoms with E-state index >= 15 is 0 Å². The van der Waals surface area contributed by atoms with E-state index in [1.807, 2.05) is 0 Å². The van der Waals surface area contributed by atoms with Gasteiger partial charge in [-0.15, -0.1) is 0 Å². The van der Waals surface area contributed by atoms with Crippen LogP contribution in [0.1, 0.15) is 50.7 Å². The summed E-state index contributed by atoms with van der Waals surface area (Å²) in [5.74, 6) is -122. The van der Waals surface area contributed by atoms with Crippen LogP contribution in [0.25, 0.3) is 0 Å². The predicted octanol–water partition coefficient (Wildman–Crippen LogP) is 15.0. The monoisotopic (exact) mass is 1240 g/mol. The van der Waals surface area contributed by atoms with Crippen LogP contribution in [-0.2, 0) is 28.6 Å². The van der Waals surface area contributed by atoms with Crippen molar-refractivity contribution in [1.82, 2.24) is 0 Å². The Balaban J connectivity index is 3.78. The van der Waals surface area contributed by atoms with Gasteiger partial charge in [-0.05, 0) is 0 Å². The molecule has 71 heavy (non-hydrogen) atoms. The van der Waals surface area contributed by atoms with Gasteiger partial charge in [-0.1, -0.05) is 0 Å². The van der Waals surface area contributed by atoms with Gasteiger partial charge < -0.3 is 0 Å². The van der Waals surface area contributed by atoms with Crippen molar-refractivity contribution in [3.63, 3.8) is 0 Å². The quantitative estimate of drug-likeness (QED) is 0.0809. The van der Waals surface area contributed by atoms with Crippen LogP contribution in [0.2, 0.25) is 0 Å². The van der Waals surface area contributed by atoms with E-state index in [1.165, 1.54) is 0 Å². The van der Waals surface area contributed by atoms with Gasteiger partial charge in [-0.25, -0.2) is 0 Å². The van der Waals surface area contributed by atoms with Crippen molar-refractivity contribution in [2.75, 3.05) is 0 Å².